The number of carbonyl (C=O) groups excluding carboxylic acids is 1. The van der Waals surface area contributed by atoms with Crippen molar-refractivity contribution in [2.45, 2.75) is 13.3 Å². The van der Waals surface area contributed by atoms with Gasteiger partial charge in [-0.15, -0.1) is 0 Å². The number of carboxylic acid groups (broad SMARTS) is 1. The van der Waals surface area contributed by atoms with Gasteiger partial charge < -0.3 is 5.11 Å². The van der Waals surface area contributed by atoms with Crippen LogP contribution in [0.2, 0.25) is 0 Å². The molecule has 0 atom stereocenters. The summed E-state index contributed by atoms with van der Waals surface area (Å²) in [4.78, 5) is 22.1. The van der Waals surface area contributed by atoms with E-state index in [0.717, 1.165) is 18.3 Å². The predicted octanol–water partition coefficient (Wildman–Crippen LogP) is 2.15. The highest BCUT2D eigenvalue weighted by atomic mass is 16.4. The van der Waals surface area contributed by atoms with Gasteiger partial charge >= 0.3 is 5.97 Å². The van der Waals surface area contributed by atoms with Crippen LogP contribution in [-0.4, -0.2) is 27.6 Å². The van der Waals surface area contributed by atoms with Crippen LogP contribution in [0.4, 0.5) is 0 Å². The van der Waals surface area contributed by atoms with Crippen molar-refractivity contribution in [3.8, 4) is 11.3 Å². The Kier molecular flexibility index (Phi) is 3.23. The quantitative estimate of drug-likeness (QED) is 0.807. The zero-order valence-corrected chi connectivity index (χ0v) is 9.80. The van der Waals surface area contributed by atoms with Crippen LogP contribution in [0.1, 0.15) is 33.2 Å². The van der Waals surface area contributed by atoms with E-state index in [4.69, 9.17) is 5.11 Å². The number of aldehydes is 1. The number of carbonyl (C=O) groups is 2. The highest BCUT2D eigenvalue weighted by Crippen LogP contribution is 2.25. The first-order valence-corrected chi connectivity index (χ1v) is 5.53. The third kappa shape index (κ3) is 2.02. The monoisotopic (exact) mass is 244 g/mol. The van der Waals surface area contributed by atoms with Crippen molar-refractivity contribution < 1.29 is 14.7 Å². The molecule has 0 amide bonds. The molecule has 0 aliphatic heterocycles. The lowest BCUT2D eigenvalue weighted by molar-refractivity contribution is 0.0697. The SMILES string of the molecule is CCc1ccc(-c2n[nH]cc2C(=O)O)c(C=O)c1. The molecular weight excluding hydrogens is 232 g/mol. The Morgan fingerprint density at radius 1 is 1.50 bits per heavy atom. The van der Waals surface area contributed by atoms with Gasteiger partial charge in [-0.2, -0.15) is 5.10 Å². The molecule has 1 aromatic heterocycles. The first-order chi connectivity index (χ1) is 8.67. The maximum atomic E-state index is 11.1. The van der Waals surface area contributed by atoms with Crippen LogP contribution in [0.15, 0.2) is 24.4 Å². The molecule has 0 fully saturated rings. The summed E-state index contributed by atoms with van der Waals surface area (Å²) in [5.74, 6) is -1.07. The lowest BCUT2D eigenvalue weighted by Crippen LogP contribution is -1.99. The minimum atomic E-state index is -1.07. The van der Waals surface area contributed by atoms with E-state index in [0.29, 0.717) is 11.1 Å². The van der Waals surface area contributed by atoms with E-state index in [-0.39, 0.29) is 11.3 Å². The lowest BCUT2D eigenvalue weighted by Gasteiger charge is -2.05. The maximum absolute atomic E-state index is 11.1. The summed E-state index contributed by atoms with van der Waals surface area (Å²) < 4.78 is 0. The van der Waals surface area contributed by atoms with Crippen molar-refractivity contribution in [3.63, 3.8) is 0 Å². The van der Waals surface area contributed by atoms with Crippen LogP contribution in [0.5, 0.6) is 0 Å². The number of carboxylic acids is 1. The van der Waals surface area contributed by atoms with Crippen LogP contribution in [0, 0.1) is 0 Å². The van der Waals surface area contributed by atoms with Crippen LogP contribution < -0.4 is 0 Å². The number of hydrogen-bond acceptors (Lipinski definition) is 3. The highest BCUT2D eigenvalue weighted by molar-refractivity contribution is 5.97. The Hall–Kier alpha value is -2.43. The largest absolute Gasteiger partial charge is 0.478 e. The molecule has 0 unspecified atom stereocenters. The second kappa shape index (κ2) is 4.83. The molecule has 92 valence electrons. The van der Waals surface area contributed by atoms with Crippen LogP contribution in [-0.2, 0) is 6.42 Å². The zero-order valence-electron chi connectivity index (χ0n) is 9.80. The van der Waals surface area contributed by atoms with E-state index in [1.54, 1.807) is 12.1 Å². The van der Waals surface area contributed by atoms with Gasteiger partial charge in [-0.3, -0.25) is 9.89 Å². The lowest BCUT2D eigenvalue weighted by atomic mass is 9.99. The predicted molar refractivity (Wildman–Crippen MR) is 65.7 cm³/mol. The van der Waals surface area contributed by atoms with E-state index in [9.17, 15) is 9.59 Å². The highest BCUT2D eigenvalue weighted by Gasteiger charge is 2.17. The van der Waals surface area contributed by atoms with Gasteiger partial charge in [0, 0.05) is 17.3 Å². The van der Waals surface area contributed by atoms with E-state index in [1.807, 2.05) is 13.0 Å². The molecule has 0 bridgehead atoms. The van der Waals surface area contributed by atoms with Gasteiger partial charge in [-0.1, -0.05) is 19.1 Å². The molecule has 0 aliphatic rings. The van der Waals surface area contributed by atoms with Crippen LogP contribution >= 0.6 is 0 Å². The summed E-state index contributed by atoms with van der Waals surface area (Å²) >= 11 is 0. The fourth-order valence-corrected chi connectivity index (χ4v) is 1.80. The fraction of sp³-hybridized carbons (Fsp3) is 0.154. The Morgan fingerprint density at radius 2 is 2.28 bits per heavy atom. The van der Waals surface area contributed by atoms with E-state index in [1.165, 1.54) is 6.20 Å². The van der Waals surface area contributed by atoms with Crippen molar-refractivity contribution in [3.05, 3.63) is 41.1 Å². The fourth-order valence-electron chi connectivity index (χ4n) is 1.80. The summed E-state index contributed by atoms with van der Waals surface area (Å²) in [6.45, 7) is 1.99. The number of nitrogens with one attached hydrogen (secondary N) is 1. The summed E-state index contributed by atoms with van der Waals surface area (Å²) in [6.07, 6.45) is 2.84. The van der Waals surface area contributed by atoms with Gasteiger partial charge in [0.05, 0.1) is 0 Å². The molecule has 2 N–H and O–H groups in total. The molecule has 18 heavy (non-hydrogen) atoms. The number of hydrogen-bond donors (Lipinski definition) is 2. The first kappa shape index (κ1) is 12.0. The van der Waals surface area contributed by atoms with Gasteiger partial charge in [0.1, 0.15) is 11.3 Å². The number of nitrogens with zero attached hydrogens (tertiary/aromatic N) is 1. The summed E-state index contributed by atoms with van der Waals surface area (Å²) in [6, 6.07) is 5.34. The van der Waals surface area contributed by atoms with Crippen molar-refractivity contribution in [2.24, 2.45) is 0 Å². The van der Waals surface area contributed by atoms with Crippen molar-refractivity contribution in [1.29, 1.82) is 0 Å². The van der Waals surface area contributed by atoms with Gasteiger partial charge in [0.2, 0.25) is 0 Å². The van der Waals surface area contributed by atoms with E-state index >= 15 is 0 Å². The molecular formula is C13H12N2O3. The number of H-pyrrole nitrogens is 1. The number of benzene rings is 1. The molecule has 5 heteroatoms. The van der Waals surface area contributed by atoms with Crippen molar-refractivity contribution in [2.75, 3.05) is 0 Å². The Balaban J connectivity index is 2.60. The number of rotatable bonds is 4. The third-order valence-electron chi connectivity index (χ3n) is 2.78. The topological polar surface area (TPSA) is 83.1 Å². The smallest absolute Gasteiger partial charge is 0.339 e. The second-order valence-electron chi connectivity index (χ2n) is 3.85. The Morgan fingerprint density at radius 3 is 2.89 bits per heavy atom. The molecule has 0 aliphatic carbocycles. The molecule has 5 nitrogen and oxygen atoms in total. The number of aromatic nitrogens is 2. The first-order valence-electron chi connectivity index (χ1n) is 5.53. The van der Waals surface area contributed by atoms with Crippen molar-refractivity contribution in [1.82, 2.24) is 10.2 Å². The molecule has 0 saturated carbocycles. The second-order valence-corrected chi connectivity index (χ2v) is 3.85. The number of aryl methyl sites for hydroxylation is 1. The summed E-state index contributed by atoms with van der Waals surface area (Å²) in [5, 5.41) is 15.5. The third-order valence-corrected chi connectivity index (χ3v) is 2.78. The molecule has 0 radical (unpaired) electrons. The average Bonchev–Trinajstić information content (AvgIpc) is 2.87. The molecule has 0 saturated heterocycles. The Bertz CT molecular complexity index is 602. The van der Waals surface area contributed by atoms with E-state index < -0.39 is 5.97 Å². The zero-order chi connectivity index (χ0) is 13.1. The molecule has 0 spiro atoms. The normalized spacial score (nSPS) is 10.3. The van der Waals surface area contributed by atoms with Crippen LogP contribution in [0.3, 0.4) is 0 Å². The van der Waals surface area contributed by atoms with Gasteiger partial charge in [-0.25, -0.2) is 4.79 Å². The van der Waals surface area contributed by atoms with Crippen molar-refractivity contribution >= 4 is 12.3 Å². The average molecular weight is 244 g/mol. The minimum absolute atomic E-state index is 0.0577. The molecule has 1 aromatic carbocycles. The van der Waals surface area contributed by atoms with Gasteiger partial charge in [0.25, 0.3) is 0 Å². The molecule has 1 heterocycles. The summed E-state index contributed by atoms with van der Waals surface area (Å²) in [5.41, 5.74) is 2.34. The van der Waals surface area contributed by atoms with Gasteiger partial charge in [0.15, 0.2) is 6.29 Å². The minimum Gasteiger partial charge on any atom is -0.478 e. The standard InChI is InChI=1S/C13H12N2O3/c1-2-8-3-4-10(9(5-8)7-16)12-11(13(17)18)6-14-15-12/h3-7H,2H2,1H3,(H,14,15)(H,17,18). The Labute approximate surface area is 103 Å². The summed E-state index contributed by atoms with van der Waals surface area (Å²) in [7, 11) is 0. The van der Waals surface area contributed by atoms with Crippen LogP contribution in [0.25, 0.3) is 11.3 Å². The van der Waals surface area contributed by atoms with Gasteiger partial charge in [-0.05, 0) is 18.1 Å². The number of aromatic amines is 1. The molecule has 2 aromatic rings. The molecule has 2 rings (SSSR count). The number of aromatic carboxylic acids is 1. The van der Waals surface area contributed by atoms with E-state index in [2.05, 4.69) is 10.2 Å². The maximum Gasteiger partial charge on any atom is 0.339 e.